The van der Waals surface area contributed by atoms with Crippen molar-refractivity contribution in [2.45, 2.75) is 39.4 Å². The van der Waals surface area contributed by atoms with Crippen LogP contribution < -0.4 is 0 Å². The molecule has 0 rings (SSSR count). The molecule has 0 unspecified atom stereocenters. The van der Waals surface area contributed by atoms with Crippen LogP contribution in [0.25, 0.3) is 0 Å². The third-order valence-corrected chi connectivity index (χ3v) is 6.84. The number of rotatable bonds is 7. The van der Waals surface area contributed by atoms with Crippen molar-refractivity contribution in [2.24, 2.45) is 0 Å². The quantitative estimate of drug-likeness (QED) is 0.526. The first-order chi connectivity index (χ1) is 8.17. The van der Waals surface area contributed by atoms with Gasteiger partial charge in [-0.2, -0.15) is 22.0 Å². The number of halogens is 5. The maximum absolute atomic E-state index is 13.7. The third-order valence-electron chi connectivity index (χ3n) is 3.02. The molecular formula is C10H21F5N2Si. The molecule has 0 saturated carbocycles. The third kappa shape index (κ3) is 3.64. The lowest BCUT2D eigenvalue weighted by atomic mass is 10.6. The first-order valence-corrected chi connectivity index (χ1v) is 7.70. The van der Waals surface area contributed by atoms with Gasteiger partial charge in [0.25, 0.3) is 9.12 Å². The Kier molecular flexibility index (Phi) is 6.73. The lowest BCUT2D eigenvalue weighted by Gasteiger charge is -2.40. The van der Waals surface area contributed by atoms with Gasteiger partial charge in [0.15, 0.2) is 0 Å². The lowest BCUT2D eigenvalue weighted by Crippen LogP contribution is -2.67. The summed E-state index contributed by atoms with van der Waals surface area (Å²) in [4.78, 5) is 0. The molecule has 0 atom stereocenters. The van der Waals surface area contributed by atoms with Gasteiger partial charge in [0.2, 0.25) is 0 Å². The highest BCUT2D eigenvalue weighted by atomic mass is 28.3. The Morgan fingerprint density at radius 3 is 1.17 bits per heavy atom. The molecule has 0 aliphatic heterocycles. The SMILES string of the molecule is CCN(CC)[SiH](N(CC)CC)C(F)(F)C(F)(F)F. The van der Waals surface area contributed by atoms with E-state index in [4.69, 9.17) is 0 Å². The van der Waals surface area contributed by atoms with E-state index < -0.39 is 20.8 Å². The van der Waals surface area contributed by atoms with Gasteiger partial charge in [0.1, 0.15) is 0 Å². The number of hydrogen-bond donors (Lipinski definition) is 0. The van der Waals surface area contributed by atoms with Crippen LogP contribution in [0.1, 0.15) is 27.7 Å². The van der Waals surface area contributed by atoms with E-state index in [1.54, 1.807) is 27.7 Å². The van der Waals surface area contributed by atoms with Gasteiger partial charge in [-0.05, 0) is 26.2 Å². The van der Waals surface area contributed by atoms with Crippen LogP contribution in [-0.2, 0) is 0 Å². The molecule has 0 aliphatic rings. The Balaban J connectivity index is 5.45. The maximum atomic E-state index is 13.7. The second-order valence-electron chi connectivity index (χ2n) is 3.94. The van der Waals surface area contributed by atoms with E-state index in [9.17, 15) is 22.0 Å². The van der Waals surface area contributed by atoms with Crippen molar-refractivity contribution in [1.29, 1.82) is 0 Å². The smallest absolute Gasteiger partial charge is 0.310 e. The van der Waals surface area contributed by atoms with Crippen LogP contribution in [0.5, 0.6) is 0 Å². The summed E-state index contributed by atoms with van der Waals surface area (Å²) in [6, 6.07) is 0. The number of hydrogen-bond acceptors (Lipinski definition) is 2. The van der Waals surface area contributed by atoms with Crippen LogP contribution in [0.3, 0.4) is 0 Å². The van der Waals surface area contributed by atoms with Crippen molar-refractivity contribution < 1.29 is 22.0 Å². The van der Waals surface area contributed by atoms with Crippen LogP contribution in [-0.4, -0.2) is 56.2 Å². The molecule has 0 radical (unpaired) electrons. The zero-order valence-electron chi connectivity index (χ0n) is 11.2. The maximum Gasteiger partial charge on any atom is 0.451 e. The highest BCUT2D eigenvalue weighted by Gasteiger charge is 2.65. The molecule has 0 aromatic rings. The second-order valence-corrected chi connectivity index (χ2v) is 6.87. The van der Waals surface area contributed by atoms with Crippen LogP contribution in [0.2, 0.25) is 0 Å². The molecule has 8 heteroatoms. The molecule has 0 heterocycles. The van der Waals surface area contributed by atoms with E-state index in [0.29, 0.717) is 0 Å². The largest absolute Gasteiger partial charge is 0.451 e. The fraction of sp³-hybridized carbons (Fsp3) is 1.00. The van der Waals surface area contributed by atoms with Crippen molar-refractivity contribution in [3.63, 3.8) is 0 Å². The molecule has 0 aromatic carbocycles. The second kappa shape index (κ2) is 6.81. The Morgan fingerprint density at radius 1 is 0.722 bits per heavy atom. The van der Waals surface area contributed by atoms with Crippen molar-refractivity contribution in [3.05, 3.63) is 0 Å². The molecule has 110 valence electrons. The van der Waals surface area contributed by atoms with E-state index in [1.165, 1.54) is 9.13 Å². The van der Waals surface area contributed by atoms with Crippen molar-refractivity contribution in [1.82, 2.24) is 9.13 Å². The predicted octanol–water partition coefficient (Wildman–Crippen LogP) is 2.63. The normalized spacial score (nSPS) is 14.0. The molecule has 0 aromatic heterocycles. The van der Waals surface area contributed by atoms with Crippen LogP contribution in [0.4, 0.5) is 22.0 Å². The molecular weight excluding hydrogens is 271 g/mol. The molecule has 18 heavy (non-hydrogen) atoms. The van der Waals surface area contributed by atoms with E-state index >= 15 is 0 Å². The van der Waals surface area contributed by atoms with Gasteiger partial charge in [-0.3, -0.25) is 0 Å². The summed E-state index contributed by atoms with van der Waals surface area (Å²) >= 11 is 0. The minimum atomic E-state index is -5.48. The molecule has 0 saturated heterocycles. The Labute approximate surface area is 107 Å². The monoisotopic (exact) mass is 292 g/mol. The molecule has 0 fully saturated rings. The van der Waals surface area contributed by atoms with Crippen molar-refractivity contribution >= 4 is 9.12 Å². The fourth-order valence-corrected chi connectivity index (χ4v) is 5.03. The standard InChI is InChI=1S/C10H21F5N2Si/c1-5-16(6-2)18(17(7-3)8-4)10(14,15)9(11,12)13/h18H,5-8H2,1-4H3. The highest BCUT2D eigenvalue weighted by molar-refractivity contribution is 6.56. The van der Waals surface area contributed by atoms with Crippen molar-refractivity contribution in [2.75, 3.05) is 26.2 Å². The van der Waals surface area contributed by atoms with Gasteiger partial charge in [-0.1, -0.05) is 27.7 Å². The summed E-state index contributed by atoms with van der Waals surface area (Å²) in [5.41, 5.74) is -4.61. The Morgan fingerprint density at radius 2 is 1.00 bits per heavy atom. The van der Waals surface area contributed by atoms with Crippen LogP contribution in [0, 0.1) is 0 Å². The molecule has 0 N–H and O–H groups in total. The summed E-state index contributed by atoms with van der Waals surface area (Å²) in [5, 5.41) is 0. The van der Waals surface area contributed by atoms with Gasteiger partial charge in [0.05, 0.1) is 0 Å². The lowest BCUT2D eigenvalue weighted by molar-refractivity contribution is -0.250. The van der Waals surface area contributed by atoms with Gasteiger partial charge in [0, 0.05) is 0 Å². The van der Waals surface area contributed by atoms with Gasteiger partial charge < -0.3 is 9.13 Å². The Bertz CT molecular complexity index is 227. The first kappa shape index (κ1) is 17.8. The zero-order chi connectivity index (χ0) is 14.6. The highest BCUT2D eigenvalue weighted by Crippen LogP contribution is 2.39. The van der Waals surface area contributed by atoms with Gasteiger partial charge >= 0.3 is 11.7 Å². The van der Waals surface area contributed by atoms with E-state index in [2.05, 4.69) is 0 Å². The van der Waals surface area contributed by atoms with E-state index in [0.717, 1.165) is 0 Å². The average Bonchev–Trinajstić information content (AvgIpc) is 2.28. The summed E-state index contributed by atoms with van der Waals surface area (Å²) in [6.45, 7) is 7.26. The predicted molar refractivity (Wildman–Crippen MR) is 64.0 cm³/mol. The minimum Gasteiger partial charge on any atom is -0.310 e. The van der Waals surface area contributed by atoms with Gasteiger partial charge in [-0.15, -0.1) is 0 Å². The van der Waals surface area contributed by atoms with Gasteiger partial charge in [-0.25, -0.2) is 0 Å². The Hall–Kier alpha value is -0.213. The average molecular weight is 292 g/mol. The summed E-state index contributed by atoms with van der Waals surface area (Å²) in [5.74, 6) is 0. The molecule has 0 bridgehead atoms. The van der Waals surface area contributed by atoms with Crippen LogP contribution in [0.15, 0.2) is 0 Å². The molecule has 0 spiro atoms. The zero-order valence-corrected chi connectivity index (χ0v) is 12.3. The number of alkyl halides is 5. The van der Waals surface area contributed by atoms with Crippen molar-refractivity contribution in [3.8, 4) is 0 Å². The summed E-state index contributed by atoms with van der Waals surface area (Å²) in [7, 11) is -3.59. The number of nitrogens with zero attached hydrogens (tertiary/aromatic N) is 2. The summed E-state index contributed by atoms with van der Waals surface area (Å²) < 4.78 is 67.7. The fourth-order valence-electron chi connectivity index (χ4n) is 1.97. The first-order valence-electron chi connectivity index (χ1n) is 6.09. The van der Waals surface area contributed by atoms with Crippen LogP contribution >= 0.6 is 0 Å². The molecule has 0 aliphatic carbocycles. The molecule has 0 amide bonds. The van der Waals surface area contributed by atoms with E-state index in [-0.39, 0.29) is 26.2 Å². The molecule has 2 nitrogen and oxygen atoms in total. The summed E-state index contributed by atoms with van der Waals surface area (Å²) in [6.07, 6.45) is -5.48. The topological polar surface area (TPSA) is 6.48 Å². The van der Waals surface area contributed by atoms with E-state index in [1.807, 2.05) is 0 Å². The minimum absolute atomic E-state index is 0.204.